The molecule has 3 fully saturated rings. The number of benzene rings is 3. The van der Waals surface area contributed by atoms with Crippen LogP contribution in [-0.2, 0) is 63.6 Å². The zero-order chi connectivity index (χ0) is 53.9. The molecule has 6 aliphatic rings. The minimum atomic E-state index is -0.486. The van der Waals surface area contributed by atoms with E-state index in [2.05, 4.69) is 55.4 Å². The number of halogens is 2. The maximum absolute atomic E-state index is 12.3. The number of fused-ring (bicyclic) bond motifs is 3. The van der Waals surface area contributed by atoms with E-state index in [9.17, 15) is 19.2 Å². The van der Waals surface area contributed by atoms with Crippen molar-refractivity contribution in [2.75, 3.05) is 0 Å². The highest BCUT2D eigenvalue weighted by Crippen LogP contribution is 2.43. The third-order valence-electron chi connectivity index (χ3n) is 14.1. The van der Waals surface area contributed by atoms with Gasteiger partial charge in [-0.1, -0.05) is 56.1 Å². The minimum absolute atomic E-state index is 0.246. The number of imide groups is 1. The summed E-state index contributed by atoms with van der Waals surface area (Å²) >= 11 is 6.66. The van der Waals surface area contributed by atoms with E-state index in [0.717, 1.165) is 25.5 Å². The number of amides is 4. The van der Waals surface area contributed by atoms with Gasteiger partial charge in [0.1, 0.15) is 11.2 Å². The first-order valence-corrected chi connectivity index (χ1v) is 25.9. The van der Waals surface area contributed by atoms with Crippen LogP contribution in [0.15, 0.2) is 63.5 Å². The van der Waals surface area contributed by atoms with Crippen molar-refractivity contribution in [2.24, 2.45) is 0 Å². The molecule has 0 radical (unpaired) electrons. The van der Waals surface area contributed by atoms with E-state index >= 15 is 0 Å². The van der Waals surface area contributed by atoms with Crippen LogP contribution < -0.4 is 10.8 Å². The van der Waals surface area contributed by atoms with Crippen molar-refractivity contribution in [1.82, 2.24) is 15.1 Å². The molecule has 20 heteroatoms. The fraction of sp³-hybridized carbons (Fsp3) is 0.577. The van der Waals surface area contributed by atoms with Gasteiger partial charge in [0.15, 0.2) is 0 Å². The molecule has 72 heavy (non-hydrogen) atoms. The smallest absolute Gasteiger partial charge is 0.444 e. The summed E-state index contributed by atoms with van der Waals surface area (Å²) in [5, 5.41) is 2.21. The number of rotatable bonds is 2. The molecule has 0 atom stereocenters. The zero-order valence-corrected chi connectivity index (χ0v) is 48.5. The lowest BCUT2D eigenvalue weighted by atomic mass is 9.49. The third-order valence-corrected chi connectivity index (χ3v) is 15.1. The van der Waals surface area contributed by atoms with E-state index in [-0.39, 0.29) is 64.7 Å². The molecule has 9 rings (SSSR count). The van der Waals surface area contributed by atoms with Crippen LogP contribution in [-0.4, -0.2) is 99.7 Å². The molecular weight excluding hydrogens is 1050 g/mol. The second-order valence-corrected chi connectivity index (χ2v) is 25.8. The zero-order valence-electron chi connectivity index (χ0n) is 45.3. The molecule has 15 nitrogen and oxygen atoms in total. The number of carbonyl (C=O) groups excluding carboxylic acids is 4. The van der Waals surface area contributed by atoms with Crippen LogP contribution in [0, 0.1) is 0 Å². The van der Waals surface area contributed by atoms with Crippen LogP contribution in [0.4, 0.5) is 9.59 Å². The summed E-state index contributed by atoms with van der Waals surface area (Å²) in [4.78, 5) is 49.8. The summed E-state index contributed by atoms with van der Waals surface area (Å²) in [6, 6.07) is 17.3. The van der Waals surface area contributed by atoms with Crippen LogP contribution in [0.3, 0.4) is 0 Å². The van der Waals surface area contributed by atoms with Crippen LogP contribution in [0.25, 0.3) is 0 Å². The molecule has 6 heterocycles. The van der Waals surface area contributed by atoms with Gasteiger partial charge < -0.3 is 37.4 Å². The lowest BCUT2D eigenvalue weighted by Gasteiger charge is -2.32. The Bertz CT molecular complexity index is 2490. The molecule has 0 aromatic heterocycles. The molecule has 0 spiro atoms. The lowest BCUT2D eigenvalue weighted by molar-refractivity contribution is 0.00578. The van der Waals surface area contributed by atoms with Gasteiger partial charge >= 0.3 is 33.3 Å². The highest BCUT2D eigenvalue weighted by Gasteiger charge is 2.64. The molecule has 0 aliphatic carbocycles. The minimum Gasteiger partial charge on any atom is -0.444 e. The maximum Gasteiger partial charge on any atom is 0.494 e. The van der Waals surface area contributed by atoms with Gasteiger partial charge in [0.25, 0.3) is 11.8 Å². The Kier molecular flexibility index (Phi) is 16.3. The molecule has 0 bridgehead atoms. The maximum atomic E-state index is 12.3. The predicted octanol–water partition coefficient (Wildman–Crippen LogP) is 10.5. The fourth-order valence-corrected chi connectivity index (χ4v) is 8.72. The average Bonchev–Trinajstić information content (AvgIpc) is 4.03. The molecule has 4 amide bonds. The first-order valence-electron chi connectivity index (χ1n) is 24.4. The fourth-order valence-electron chi connectivity index (χ4n) is 7.95. The summed E-state index contributed by atoms with van der Waals surface area (Å²) in [5.74, 6) is -0.640. The Morgan fingerprint density at radius 2 is 0.847 bits per heavy atom. The van der Waals surface area contributed by atoms with Gasteiger partial charge in [-0.15, -0.1) is 0 Å². The lowest BCUT2D eigenvalue weighted by Crippen LogP contribution is -2.41. The van der Waals surface area contributed by atoms with E-state index in [1.54, 1.807) is 28.0 Å². The van der Waals surface area contributed by atoms with Crippen LogP contribution in [0.1, 0.15) is 168 Å². The largest absolute Gasteiger partial charge is 0.494 e. The van der Waals surface area contributed by atoms with Gasteiger partial charge in [-0.2, -0.15) is 0 Å². The Balaban J connectivity index is 0.000000162. The van der Waals surface area contributed by atoms with Crippen LogP contribution in [0.5, 0.6) is 0 Å². The molecule has 3 aromatic rings. The molecule has 3 aromatic carbocycles. The number of nitrogens with zero attached hydrogens (tertiary/aromatic N) is 2. The van der Waals surface area contributed by atoms with Crippen molar-refractivity contribution < 1.29 is 56.6 Å². The first-order chi connectivity index (χ1) is 32.8. The van der Waals surface area contributed by atoms with Gasteiger partial charge in [0, 0.05) is 35.1 Å². The highest BCUT2D eigenvalue weighted by atomic mass is 79.9. The topological polar surface area (TPSA) is 161 Å². The predicted molar refractivity (Wildman–Crippen MR) is 285 cm³/mol. The monoisotopic (exact) mass is 1120 g/mol. The van der Waals surface area contributed by atoms with Crippen molar-refractivity contribution in [2.45, 2.75) is 196 Å². The first kappa shape index (κ1) is 57.5. The molecule has 3 saturated heterocycles. The number of carbonyl (C=O) groups is 4. The standard InChI is InChI=1S/C19H28BNO4.C13H16BrNO2.C12H24B2O4.C8H4BrNO2/c1-17(2,3)23-16(22)21-11-13-8-9-15(10-14(13)12-21)20-24-18(4,5)19(6,7)25-20;1-13(2,3)17-12(16)15-7-9-4-5-11(14)6-10(9)8-15;1-9(2)10(3,4)16-13(15-9)14-17-11(5,6)12(7,8)18-14;9-4-1-2-5-6(3-4)8(12)10-7(5)11/h8-10H,11-12H2,1-7H3;4-6H,7-8H2,1-3H3;1-8H3;1-3H,(H,10,11,12). The Labute approximate surface area is 444 Å². The summed E-state index contributed by atoms with van der Waals surface area (Å²) in [6.45, 7) is 38.1. The van der Waals surface area contributed by atoms with Crippen molar-refractivity contribution in [3.63, 3.8) is 0 Å². The van der Waals surface area contributed by atoms with Crippen molar-refractivity contribution in [3.05, 3.63) is 96.9 Å². The average molecular weight is 1120 g/mol. The second-order valence-electron chi connectivity index (χ2n) is 23.9. The SMILES string of the molecule is CC(C)(C)OC(=O)N1Cc2ccc(B3OC(C)(C)C(C)(C)O3)cc2C1.CC(C)(C)OC(=O)N1Cc2ccc(Br)cc2C1.CC1(C)OB(B2OC(C)(C)C(C)(C)O2)OC1(C)C.O=C1NC(=O)c2cc(Br)ccc21. The normalized spacial score (nSPS) is 21.3. The van der Waals surface area contributed by atoms with E-state index in [0.29, 0.717) is 37.3 Å². The third kappa shape index (κ3) is 13.2. The summed E-state index contributed by atoms with van der Waals surface area (Å²) in [7, 11) is -1.34. The van der Waals surface area contributed by atoms with Gasteiger partial charge in [-0.25, -0.2) is 9.59 Å². The van der Waals surface area contributed by atoms with Gasteiger partial charge in [0.2, 0.25) is 0 Å². The van der Waals surface area contributed by atoms with Gasteiger partial charge in [-0.3, -0.25) is 24.7 Å². The van der Waals surface area contributed by atoms with E-state index in [1.807, 2.05) is 143 Å². The van der Waals surface area contributed by atoms with E-state index in [1.165, 1.54) is 11.1 Å². The molecule has 6 aliphatic heterocycles. The molecular formula is C52H72B3Br2N3O12. The number of ether oxygens (including phenoxy) is 2. The second kappa shape index (κ2) is 20.4. The summed E-state index contributed by atoms with van der Waals surface area (Å²) in [6.07, 6.45) is -0.522. The van der Waals surface area contributed by atoms with Crippen molar-refractivity contribution in [3.8, 4) is 0 Å². The number of nitrogens with one attached hydrogen (secondary N) is 1. The van der Waals surface area contributed by atoms with E-state index < -0.39 is 25.2 Å². The number of hydrogen-bond acceptors (Lipinski definition) is 12. The summed E-state index contributed by atoms with van der Waals surface area (Å²) < 4.78 is 48.8. The molecule has 0 saturated carbocycles. The van der Waals surface area contributed by atoms with Crippen LogP contribution >= 0.6 is 31.9 Å². The van der Waals surface area contributed by atoms with Crippen molar-refractivity contribution >= 4 is 82.5 Å². The Morgan fingerprint density at radius 1 is 0.500 bits per heavy atom. The number of hydrogen-bond donors (Lipinski definition) is 1. The highest BCUT2D eigenvalue weighted by molar-refractivity contribution is 9.10. The Hall–Kier alpha value is -3.75. The molecule has 1 N–H and O–H groups in total. The van der Waals surface area contributed by atoms with E-state index in [4.69, 9.17) is 37.4 Å². The molecule has 390 valence electrons. The van der Waals surface area contributed by atoms with Gasteiger partial charge in [-0.05, 0) is 183 Å². The Morgan fingerprint density at radius 3 is 1.28 bits per heavy atom. The molecule has 0 unspecified atom stereocenters. The van der Waals surface area contributed by atoms with Crippen molar-refractivity contribution in [1.29, 1.82) is 0 Å². The summed E-state index contributed by atoms with van der Waals surface area (Å²) in [5.41, 5.74) is 3.44. The van der Waals surface area contributed by atoms with Gasteiger partial charge in [0.05, 0.1) is 44.7 Å². The quantitative estimate of drug-likeness (QED) is 0.191. The van der Waals surface area contributed by atoms with Crippen LogP contribution in [0.2, 0.25) is 0 Å².